The first kappa shape index (κ1) is 36.4. The lowest BCUT2D eigenvalue weighted by Gasteiger charge is -2.41. The van der Waals surface area contributed by atoms with Crippen LogP contribution in [0.4, 0.5) is 39.5 Å². The van der Waals surface area contributed by atoms with Gasteiger partial charge in [0.25, 0.3) is 5.60 Å². The largest absolute Gasteiger partial charge is 0.465 e. The van der Waals surface area contributed by atoms with E-state index in [4.69, 9.17) is 4.74 Å². The molecule has 3 unspecified atom stereocenters. The zero-order valence-corrected chi connectivity index (χ0v) is 26.5. The molecule has 1 aliphatic heterocycles. The second kappa shape index (κ2) is 13.8. The molecule has 1 fully saturated rings. The molecule has 16 heteroatoms. The van der Waals surface area contributed by atoms with E-state index < -0.39 is 74.7 Å². The molecule has 49 heavy (non-hydrogen) atoms. The van der Waals surface area contributed by atoms with E-state index in [1.165, 1.54) is 17.1 Å². The van der Waals surface area contributed by atoms with E-state index in [0.29, 0.717) is 36.3 Å². The molecule has 1 aliphatic carbocycles. The number of alkyl halides is 6. The van der Waals surface area contributed by atoms with Gasteiger partial charge in [-0.1, -0.05) is 30.3 Å². The number of nitrogens with one attached hydrogen (secondary N) is 1. The van der Waals surface area contributed by atoms with Gasteiger partial charge in [-0.3, -0.25) is 9.00 Å². The van der Waals surface area contributed by atoms with E-state index in [-0.39, 0.29) is 42.5 Å². The zero-order valence-electron chi connectivity index (χ0n) is 25.6. The Balaban J connectivity index is 1.57. The molecule has 0 saturated heterocycles. The number of hydrogen-bond acceptors (Lipinski definition) is 6. The van der Waals surface area contributed by atoms with Crippen LogP contribution in [0.5, 0.6) is 0 Å². The molecular weight excluding hydrogens is 691 g/mol. The van der Waals surface area contributed by atoms with E-state index in [1.807, 2.05) is 0 Å². The second-order valence-electron chi connectivity index (χ2n) is 11.5. The molecule has 1 heterocycles. The first-order valence-electron chi connectivity index (χ1n) is 14.9. The highest BCUT2D eigenvalue weighted by atomic mass is 32.2. The third kappa shape index (κ3) is 6.95. The fourth-order valence-corrected chi connectivity index (χ4v) is 7.94. The summed E-state index contributed by atoms with van der Waals surface area (Å²) in [5.74, 6) is -3.94. The normalized spacial score (nSPS) is 20.5. The van der Waals surface area contributed by atoms with E-state index in [2.05, 4.69) is 10.2 Å². The van der Waals surface area contributed by atoms with Crippen molar-refractivity contribution in [3.63, 3.8) is 0 Å². The molecule has 0 spiro atoms. The summed E-state index contributed by atoms with van der Waals surface area (Å²) in [6.07, 6.45) is -10.3. The maximum absolute atomic E-state index is 14.5. The van der Waals surface area contributed by atoms with Gasteiger partial charge in [-0.2, -0.15) is 26.3 Å². The Morgan fingerprint density at radius 3 is 2.12 bits per heavy atom. The van der Waals surface area contributed by atoms with Crippen LogP contribution in [0.15, 0.2) is 83.4 Å². The van der Waals surface area contributed by atoms with Crippen molar-refractivity contribution < 1.29 is 58.0 Å². The molecule has 0 radical (unpaired) electrons. The summed E-state index contributed by atoms with van der Waals surface area (Å²) in [6, 6.07) is 9.65. The number of hydrazine groups is 1. The first-order chi connectivity index (χ1) is 23.0. The van der Waals surface area contributed by atoms with Gasteiger partial charge in [0.1, 0.15) is 24.0 Å². The van der Waals surface area contributed by atoms with Crippen molar-refractivity contribution in [3.05, 3.63) is 113 Å². The maximum Gasteiger partial charge on any atom is 0.430 e. The number of benzene rings is 3. The Kier molecular flexibility index (Phi) is 10.2. The Labute approximate surface area is 277 Å². The highest BCUT2D eigenvalue weighted by Gasteiger charge is 2.73. The summed E-state index contributed by atoms with van der Waals surface area (Å²) in [7, 11) is -2.02. The summed E-state index contributed by atoms with van der Waals surface area (Å²) in [6.45, 7) is -0.0785. The first-order valence-corrected chi connectivity index (χ1v) is 16.0. The highest BCUT2D eigenvalue weighted by molar-refractivity contribution is 7.86. The Morgan fingerprint density at radius 2 is 1.55 bits per heavy atom. The van der Waals surface area contributed by atoms with Gasteiger partial charge in [0, 0.05) is 28.3 Å². The van der Waals surface area contributed by atoms with Gasteiger partial charge in [0.2, 0.25) is 0 Å². The number of rotatable bonds is 10. The number of esters is 1. The molecule has 0 aromatic heterocycles. The third-order valence-electron chi connectivity index (χ3n) is 8.52. The lowest BCUT2D eigenvalue weighted by Crippen LogP contribution is -2.56. The molecule has 1 saturated carbocycles. The minimum atomic E-state index is -6.15. The number of nitrogens with zero attached hydrogens (tertiary/aromatic N) is 1. The van der Waals surface area contributed by atoms with E-state index in [1.54, 1.807) is 13.1 Å². The van der Waals surface area contributed by atoms with E-state index >= 15 is 0 Å². The van der Waals surface area contributed by atoms with Gasteiger partial charge in [-0.25, -0.2) is 18.6 Å². The van der Waals surface area contributed by atoms with Crippen molar-refractivity contribution in [1.82, 2.24) is 10.4 Å². The van der Waals surface area contributed by atoms with Gasteiger partial charge < -0.3 is 14.5 Å². The fourth-order valence-electron chi connectivity index (χ4n) is 6.15. The van der Waals surface area contributed by atoms with Gasteiger partial charge in [-0.05, 0) is 73.7 Å². The maximum atomic E-state index is 14.5. The number of carbonyl (C=O) groups excluding carboxylic acids is 1. The monoisotopic (exact) mass is 720 g/mol. The Hall–Kier alpha value is -3.89. The predicted molar refractivity (Wildman–Crippen MR) is 158 cm³/mol. The van der Waals surface area contributed by atoms with Crippen LogP contribution >= 0.6 is 0 Å². The van der Waals surface area contributed by atoms with Crippen LogP contribution in [-0.4, -0.2) is 46.7 Å². The number of halogens is 9. The lowest BCUT2D eigenvalue weighted by atomic mass is 9.78. The van der Waals surface area contributed by atoms with Crippen LogP contribution in [-0.2, 0) is 42.0 Å². The van der Waals surface area contributed by atoms with Crippen molar-refractivity contribution in [1.29, 1.82) is 0 Å². The summed E-state index contributed by atoms with van der Waals surface area (Å²) < 4.78 is 152. The average Bonchev–Trinajstić information content (AvgIpc) is 3.42. The van der Waals surface area contributed by atoms with Crippen LogP contribution < -0.4 is 5.43 Å². The fraction of sp³-hybridized carbons (Fsp3) is 0.364. The van der Waals surface area contributed by atoms with Crippen LogP contribution in [0, 0.1) is 17.5 Å². The molecule has 0 amide bonds. The number of fused-ring (bicyclic) bond motifs is 1. The number of ether oxygens (including phenoxy) is 2. The quantitative estimate of drug-likeness (QED) is 0.173. The smallest absolute Gasteiger partial charge is 0.430 e. The van der Waals surface area contributed by atoms with Gasteiger partial charge in [0.15, 0.2) is 0 Å². The van der Waals surface area contributed by atoms with Crippen molar-refractivity contribution in [2.24, 2.45) is 0 Å². The minimum absolute atomic E-state index is 0.0000711. The molecule has 0 bridgehead atoms. The molecule has 3 aromatic rings. The number of hydrogen-bond donors (Lipinski definition) is 1. The van der Waals surface area contributed by atoms with Crippen molar-refractivity contribution >= 4 is 16.8 Å². The van der Waals surface area contributed by atoms with E-state index in [0.717, 1.165) is 30.3 Å². The van der Waals surface area contributed by atoms with Crippen LogP contribution in [0.2, 0.25) is 0 Å². The molecule has 2 aliphatic rings. The second-order valence-corrected chi connectivity index (χ2v) is 13.3. The highest BCUT2D eigenvalue weighted by Crippen LogP contribution is 2.54. The standard InChI is InChI=1S/C33H29F9N2O4S/c1-2-47-29(45)18-44-17-20-16-30(15-14-28(20)43-44,49(46)24-12-10-23(34)11-13-24)21-6-8-22(9-7-21)31(32(37,38)39,33(40,41)42)48-19-25-26(35)4-3-5-27(25)36/h3-13,17,28,43H,2,14-16,18-19H2,1H3. The lowest BCUT2D eigenvalue weighted by molar-refractivity contribution is -0.392. The van der Waals surface area contributed by atoms with Gasteiger partial charge >= 0.3 is 18.3 Å². The zero-order chi connectivity index (χ0) is 35.8. The molecule has 3 aromatic carbocycles. The van der Waals surface area contributed by atoms with Gasteiger partial charge in [-0.15, -0.1) is 0 Å². The SMILES string of the molecule is CCOC(=O)CN1C=C2CC(c3ccc(C(OCc4c(F)cccc4F)(C(F)(F)F)C(F)(F)F)cc3)(S(=O)c3ccc(F)cc3)CCC2N1. The van der Waals surface area contributed by atoms with Crippen molar-refractivity contribution in [2.75, 3.05) is 13.2 Å². The van der Waals surface area contributed by atoms with E-state index in [9.17, 15) is 48.5 Å². The van der Waals surface area contributed by atoms with Crippen LogP contribution in [0.1, 0.15) is 42.9 Å². The Bertz CT molecular complexity index is 1700. The van der Waals surface area contributed by atoms with Gasteiger partial charge in [0.05, 0.1) is 28.8 Å². The Morgan fingerprint density at radius 1 is 0.939 bits per heavy atom. The van der Waals surface area contributed by atoms with Crippen molar-refractivity contribution in [3.8, 4) is 0 Å². The summed E-state index contributed by atoms with van der Waals surface area (Å²) >= 11 is 0. The third-order valence-corrected chi connectivity index (χ3v) is 10.5. The minimum Gasteiger partial charge on any atom is -0.465 e. The topological polar surface area (TPSA) is 67.9 Å². The molecule has 3 atom stereocenters. The molecular formula is C33H29F9N2O4S. The predicted octanol–water partition coefficient (Wildman–Crippen LogP) is 7.46. The summed E-state index contributed by atoms with van der Waals surface area (Å²) in [5, 5.41) is 1.48. The molecule has 5 rings (SSSR count). The van der Waals surface area contributed by atoms with Crippen molar-refractivity contribution in [2.45, 2.75) is 66.4 Å². The molecule has 1 N–H and O–H groups in total. The summed E-state index contributed by atoms with van der Waals surface area (Å²) in [4.78, 5) is 12.2. The molecule has 264 valence electrons. The van der Waals surface area contributed by atoms with Crippen LogP contribution in [0.25, 0.3) is 0 Å². The summed E-state index contributed by atoms with van der Waals surface area (Å²) in [5.41, 5.74) is -3.66. The van der Waals surface area contributed by atoms with Crippen LogP contribution in [0.3, 0.4) is 0 Å². The average molecular weight is 721 g/mol. The number of carbonyl (C=O) groups is 1. The molecule has 6 nitrogen and oxygen atoms in total.